The van der Waals surface area contributed by atoms with E-state index in [0.29, 0.717) is 35.2 Å². The van der Waals surface area contributed by atoms with Gasteiger partial charge in [-0.25, -0.2) is 14.6 Å². The van der Waals surface area contributed by atoms with Gasteiger partial charge in [0.05, 0.1) is 11.4 Å². The number of nitrogen functional groups attached to an aromatic ring is 1. The van der Waals surface area contributed by atoms with Crippen LogP contribution in [0.5, 0.6) is 0 Å². The van der Waals surface area contributed by atoms with Crippen LogP contribution >= 0.6 is 0 Å². The van der Waals surface area contributed by atoms with Gasteiger partial charge in [0, 0.05) is 13.1 Å². The van der Waals surface area contributed by atoms with Gasteiger partial charge in [0.25, 0.3) is 5.91 Å². The zero-order valence-electron chi connectivity index (χ0n) is 17.9. The molecule has 4 heterocycles. The van der Waals surface area contributed by atoms with Gasteiger partial charge in [-0.1, -0.05) is 18.2 Å². The standard InChI is InChI=1S/C22H22N8O3/c1-2-6-16(31)29-10-5-7-13(11-29)30-20-17(19(23)24-12-25-20)18(28-30)21(32)27-22-26-14-8-3-4-9-15(14)33-22/h2-4,6,8-9,12-13H,5,7,10-11H2,1H3,(H2,23,24,25)(H,26,27,32)/b6-2+. The third-order valence-corrected chi connectivity index (χ3v) is 5.61. The number of carbonyl (C=O) groups is 2. The van der Waals surface area contributed by atoms with Crippen molar-refractivity contribution in [2.45, 2.75) is 25.8 Å². The lowest BCUT2D eigenvalue weighted by Crippen LogP contribution is -2.40. The molecule has 0 spiro atoms. The molecule has 5 rings (SSSR count). The zero-order chi connectivity index (χ0) is 22.9. The molecule has 1 aliphatic heterocycles. The number of likely N-dealkylation sites (tertiary alicyclic amines) is 1. The van der Waals surface area contributed by atoms with Crippen molar-refractivity contribution in [1.82, 2.24) is 29.6 Å². The molecule has 1 unspecified atom stereocenters. The summed E-state index contributed by atoms with van der Waals surface area (Å²) in [4.78, 5) is 39.9. The topological polar surface area (TPSA) is 145 Å². The highest BCUT2D eigenvalue weighted by atomic mass is 16.4. The van der Waals surface area contributed by atoms with Gasteiger partial charge in [0.15, 0.2) is 16.9 Å². The van der Waals surface area contributed by atoms with Crippen LogP contribution in [0.3, 0.4) is 0 Å². The number of hydrogen-bond donors (Lipinski definition) is 2. The van der Waals surface area contributed by atoms with Gasteiger partial charge in [0.1, 0.15) is 17.7 Å². The van der Waals surface area contributed by atoms with Crippen molar-refractivity contribution in [3.63, 3.8) is 0 Å². The molecule has 3 aromatic heterocycles. The molecule has 1 saturated heterocycles. The minimum Gasteiger partial charge on any atom is -0.423 e. The van der Waals surface area contributed by atoms with Crippen LogP contribution in [0.4, 0.5) is 11.8 Å². The Morgan fingerprint density at radius 3 is 2.94 bits per heavy atom. The predicted molar refractivity (Wildman–Crippen MR) is 121 cm³/mol. The third kappa shape index (κ3) is 3.77. The Hall–Kier alpha value is -4.28. The summed E-state index contributed by atoms with van der Waals surface area (Å²) in [5.74, 6) is -0.446. The van der Waals surface area contributed by atoms with Gasteiger partial charge in [-0.15, -0.1) is 0 Å². The maximum absolute atomic E-state index is 13.1. The van der Waals surface area contributed by atoms with Crippen LogP contribution in [0.25, 0.3) is 22.1 Å². The summed E-state index contributed by atoms with van der Waals surface area (Å²) in [6.07, 6.45) is 6.19. The van der Waals surface area contributed by atoms with E-state index >= 15 is 0 Å². The molecule has 2 amide bonds. The van der Waals surface area contributed by atoms with Crippen LogP contribution in [0.1, 0.15) is 36.3 Å². The number of piperidine rings is 1. The molecular weight excluding hydrogens is 424 g/mol. The largest absolute Gasteiger partial charge is 0.423 e. The molecule has 1 fully saturated rings. The number of hydrogen-bond acceptors (Lipinski definition) is 8. The van der Waals surface area contributed by atoms with E-state index in [9.17, 15) is 9.59 Å². The normalized spacial score (nSPS) is 16.6. The van der Waals surface area contributed by atoms with E-state index < -0.39 is 5.91 Å². The second-order valence-electron chi connectivity index (χ2n) is 7.77. The molecule has 1 aromatic carbocycles. The lowest BCUT2D eigenvalue weighted by atomic mass is 10.1. The molecule has 4 aromatic rings. The number of nitrogens with zero attached hydrogens (tertiary/aromatic N) is 6. The fourth-order valence-corrected chi connectivity index (χ4v) is 4.09. The van der Waals surface area contributed by atoms with E-state index in [-0.39, 0.29) is 29.5 Å². The number of rotatable bonds is 4. The Balaban J connectivity index is 1.49. The summed E-state index contributed by atoms with van der Waals surface area (Å²) in [5.41, 5.74) is 7.80. The van der Waals surface area contributed by atoms with Crippen molar-refractivity contribution in [2.24, 2.45) is 0 Å². The second kappa shape index (κ2) is 8.34. The number of allylic oxidation sites excluding steroid dienone is 1. The monoisotopic (exact) mass is 446 g/mol. The Labute approximate surface area is 188 Å². The summed E-state index contributed by atoms with van der Waals surface area (Å²) in [6.45, 7) is 2.93. The Morgan fingerprint density at radius 1 is 1.27 bits per heavy atom. The van der Waals surface area contributed by atoms with Crippen LogP contribution in [-0.2, 0) is 4.79 Å². The van der Waals surface area contributed by atoms with Crippen molar-refractivity contribution in [3.05, 3.63) is 48.4 Å². The third-order valence-electron chi connectivity index (χ3n) is 5.61. The maximum atomic E-state index is 13.1. The van der Waals surface area contributed by atoms with Gasteiger partial charge in [-0.05, 0) is 38.0 Å². The molecule has 3 N–H and O–H groups in total. The molecule has 1 aliphatic rings. The summed E-state index contributed by atoms with van der Waals surface area (Å²) in [7, 11) is 0. The number of fused-ring (bicyclic) bond motifs is 2. The maximum Gasteiger partial charge on any atom is 0.302 e. The van der Waals surface area contributed by atoms with E-state index in [1.54, 1.807) is 33.9 Å². The van der Waals surface area contributed by atoms with Crippen molar-refractivity contribution in [1.29, 1.82) is 0 Å². The molecule has 0 bridgehead atoms. The lowest BCUT2D eigenvalue weighted by molar-refractivity contribution is -0.127. The molecule has 0 radical (unpaired) electrons. The van der Waals surface area contributed by atoms with Gasteiger partial charge < -0.3 is 15.1 Å². The number of amides is 2. The Kier molecular flexibility index (Phi) is 5.21. The van der Waals surface area contributed by atoms with Crippen LogP contribution in [0.2, 0.25) is 0 Å². The number of para-hydroxylation sites is 2. The van der Waals surface area contributed by atoms with Crippen molar-refractivity contribution < 1.29 is 14.0 Å². The minimum atomic E-state index is -0.538. The van der Waals surface area contributed by atoms with E-state index in [0.717, 1.165) is 12.8 Å². The molecule has 1 atom stereocenters. The summed E-state index contributed by atoms with van der Waals surface area (Å²) >= 11 is 0. The summed E-state index contributed by atoms with van der Waals surface area (Å²) in [6, 6.07) is 7.10. The molecule has 0 saturated carbocycles. The van der Waals surface area contributed by atoms with Gasteiger partial charge in [-0.2, -0.15) is 10.1 Å². The summed E-state index contributed by atoms with van der Waals surface area (Å²) < 4.78 is 7.27. The van der Waals surface area contributed by atoms with Crippen LogP contribution in [-0.4, -0.2) is 54.5 Å². The van der Waals surface area contributed by atoms with Gasteiger partial charge >= 0.3 is 6.01 Å². The highest BCUT2D eigenvalue weighted by Gasteiger charge is 2.29. The Bertz CT molecular complexity index is 1360. The van der Waals surface area contributed by atoms with Crippen molar-refractivity contribution in [2.75, 3.05) is 24.1 Å². The second-order valence-corrected chi connectivity index (χ2v) is 7.77. The van der Waals surface area contributed by atoms with Crippen LogP contribution < -0.4 is 11.1 Å². The molecule has 168 valence electrons. The van der Waals surface area contributed by atoms with Crippen molar-refractivity contribution in [3.8, 4) is 0 Å². The first-order chi connectivity index (χ1) is 16.0. The summed E-state index contributed by atoms with van der Waals surface area (Å²) in [5, 5.41) is 7.56. The highest BCUT2D eigenvalue weighted by Crippen LogP contribution is 2.29. The molecular formula is C22H22N8O3. The quantitative estimate of drug-likeness (QED) is 0.455. The SMILES string of the molecule is C/C=C/C(=O)N1CCCC(n2nc(C(=O)Nc3nc4ccccc4o3)c3c(N)ncnc32)C1. The number of nitrogens with two attached hydrogens (primary N) is 1. The fourth-order valence-electron chi connectivity index (χ4n) is 4.09. The Morgan fingerprint density at radius 2 is 2.12 bits per heavy atom. The first kappa shape index (κ1) is 20.6. The van der Waals surface area contributed by atoms with Crippen LogP contribution in [0, 0.1) is 0 Å². The first-order valence-corrected chi connectivity index (χ1v) is 10.6. The average molecular weight is 446 g/mol. The number of benzene rings is 1. The van der Waals surface area contributed by atoms with Crippen LogP contribution in [0.15, 0.2) is 47.2 Å². The number of nitrogens with one attached hydrogen (secondary N) is 1. The van der Waals surface area contributed by atoms with Crippen molar-refractivity contribution >= 4 is 45.8 Å². The fraction of sp³-hybridized carbons (Fsp3) is 0.273. The molecule has 11 nitrogen and oxygen atoms in total. The smallest absolute Gasteiger partial charge is 0.302 e. The molecule has 11 heteroatoms. The minimum absolute atomic E-state index is 0.0540. The highest BCUT2D eigenvalue weighted by molar-refractivity contribution is 6.12. The first-order valence-electron chi connectivity index (χ1n) is 10.6. The number of carbonyl (C=O) groups excluding carboxylic acids is 2. The molecule has 33 heavy (non-hydrogen) atoms. The van der Waals surface area contributed by atoms with Gasteiger partial charge in [-0.3, -0.25) is 14.9 Å². The van der Waals surface area contributed by atoms with E-state index in [1.807, 2.05) is 19.1 Å². The predicted octanol–water partition coefficient (Wildman–Crippen LogP) is 2.54. The van der Waals surface area contributed by atoms with Gasteiger partial charge in [0.2, 0.25) is 5.91 Å². The van der Waals surface area contributed by atoms with E-state index in [4.69, 9.17) is 10.2 Å². The van der Waals surface area contributed by atoms with E-state index in [1.165, 1.54) is 6.33 Å². The average Bonchev–Trinajstić information content (AvgIpc) is 3.41. The van der Waals surface area contributed by atoms with E-state index in [2.05, 4.69) is 25.4 Å². The zero-order valence-corrected chi connectivity index (χ0v) is 17.9. The number of aromatic nitrogens is 5. The number of anilines is 2. The molecule has 0 aliphatic carbocycles. The lowest BCUT2D eigenvalue weighted by Gasteiger charge is -2.32. The number of oxazole rings is 1.